The minimum atomic E-state index is -0.653. The molecule has 2 aromatic heterocycles. The molecule has 1 fully saturated rings. The number of hydrogen-bond donors (Lipinski definition) is 0. The lowest BCUT2D eigenvalue weighted by molar-refractivity contribution is -0.134. The quantitative estimate of drug-likeness (QED) is 0.650. The van der Waals surface area contributed by atoms with Crippen LogP contribution in [0.1, 0.15) is 13.0 Å². The number of hydrogen-bond acceptors (Lipinski definition) is 5. The minimum Gasteiger partial charge on any atom is -0.408 e. The second-order valence-corrected chi connectivity index (χ2v) is 7.50. The van der Waals surface area contributed by atoms with E-state index in [9.17, 15) is 9.59 Å². The van der Waals surface area contributed by atoms with E-state index < -0.39 is 11.8 Å². The molecule has 4 rings (SSSR count). The molecule has 1 saturated heterocycles. The summed E-state index contributed by atoms with van der Waals surface area (Å²) < 4.78 is 6.65. The molecular weight excluding hydrogens is 403 g/mol. The van der Waals surface area contributed by atoms with Gasteiger partial charge in [0, 0.05) is 32.4 Å². The number of para-hydroxylation sites is 2. The van der Waals surface area contributed by atoms with Gasteiger partial charge in [0.1, 0.15) is 11.9 Å². The standard InChI is InChI=1S/C19H18Cl2N4O3/c1-12(25-15-4-2-3-5-16(15)28-19(25)27)18(26)24-8-6-23(7-9-24)17-14(21)10-13(20)11-22-17/h2-5,10-12H,6-9H2,1H3. The van der Waals surface area contributed by atoms with Gasteiger partial charge in [0.2, 0.25) is 5.91 Å². The van der Waals surface area contributed by atoms with Crippen LogP contribution in [-0.4, -0.2) is 46.5 Å². The van der Waals surface area contributed by atoms with E-state index >= 15 is 0 Å². The molecule has 28 heavy (non-hydrogen) atoms. The lowest BCUT2D eigenvalue weighted by Gasteiger charge is -2.36. The fraction of sp³-hybridized carbons (Fsp3) is 0.316. The van der Waals surface area contributed by atoms with Crippen LogP contribution in [0.5, 0.6) is 0 Å². The van der Waals surface area contributed by atoms with E-state index in [1.54, 1.807) is 42.3 Å². The Morgan fingerprint density at radius 1 is 1.18 bits per heavy atom. The maximum absolute atomic E-state index is 13.0. The van der Waals surface area contributed by atoms with Crippen molar-refractivity contribution in [1.29, 1.82) is 0 Å². The second-order valence-electron chi connectivity index (χ2n) is 6.65. The monoisotopic (exact) mass is 420 g/mol. The number of carbonyl (C=O) groups is 1. The number of aromatic nitrogens is 2. The Labute approximate surface area is 171 Å². The van der Waals surface area contributed by atoms with Crippen LogP contribution in [0.3, 0.4) is 0 Å². The number of fused-ring (bicyclic) bond motifs is 1. The van der Waals surface area contributed by atoms with Crippen molar-refractivity contribution < 1.29 is 9.21 Å². The number of piperazine rings is 1. The molecule has 3 aromatic rings. The van der Waals surface area contributed by atoms with Crippen molar-refractivity contribution in [2.45, 2.75) is 13.0 Å². The third-order valence-corrected chi connectivity index (χ3v) is 5.43. The van der Waals surface area contributed by atoms with E-state index in [1.165, 1.54) is 4.57 Å². The van der Waals surface area contributed by atoms with Gasteiger partial charge in [-0.25, -0.2) is 9.78 Å². The first-order valence-electron chi connectivity index (χ1n) is 8.90. The highest BCUT2D eigenvalue weighted by Gasteiger charge is 2.29. The van der Waals surface area contributed by atoms with Crippen LogP contribution < -0.4 is 10.7 Å². The van der Waals surface area contributed by atoms with Gasteiger partial charge < -0.3 is 14.2 Å². The molecule has 1 aliphatic rings. The summed E-state index contributed by atoms with van der Waals surface area (Å²) in [5.41, 5.74) is 1.09. The number of anilines is 1. The van der Waals surface area contributed by atoms with E-state index in [0.717, 1.165) is 0 Å². The van der Waals surface area contributed by atoms with Gasteiger partial charge in [0.05, 0.1) is 15.6 Å². The zero-order valence-electron chi connectivity index (χ0n) is 15.1. The Kier molecular flexibility index (Phi) is 5.03. The van der Waals surface area contributed by atoms with Crippen molar-refractivity contribution in [1.82, 2.24) is 14.5 Å². The summed E-state index contributed by atoms with van der Waals surface area (Å²) in [6.45, 7) is 3.92. The summed E-state index contributed by atoms with van der Waals surface area (Å²) in [7, 11) is 0. The highest BCUT2D eigenvalue weighted by molar-refractivity contribution is 6.36. The summed E-state index contributed by atoms with van der Waals surface area (Å²) in [6.07, 6.45) is 1.55. The van der Waals surface area contributed by atoms with E-state index in [1.807, 2.05) is 11.0 Å². The van der Waals surface area contributed by atoms with Gasteiger partial charge in [-0.3, -0.25) is 9.36 Å². The zero-order chi connectivity index (χ0) is 19.8. The van der Waals surface area contributed by atoms with Crippen molar-refractivity contribution in [3.8, 4) is 0 Å². The van der Waals surface area contributed by atoms with Crippen molar-refractivity contribution in [3.63, 3.8) is 0 Å². The summed E-state index contributed by atoms with van der Waals surface area (Å²) in [4.78, 5) is 33.3. The number of amides is 1. The molecule has 1 aliphatic heterocycles. The van der Waals surface area contributed by atoms with Crippen LogP contribution in [0.15, 0.2) is 45.7 Å². The molecule has 1 unspecified atom stereocenters. The Morgan fingerprint density at radius 2 is 1.89 bits per heavy atom. The van der Waals surface area contributed by atoms with Gasteiger partial charge in [-0.2, -0.15) is 0 Å². The van der Waals surface area contributed by atoms with Gasteiger partial charge in [-0.1, -0.05) is 35.3 Å². The van der Waals surface area contributed by atoms with Gasteiger partial charge in [-0.15, -0.1) is 0 Å². The number of rotatable bonds is 3. The molecule has 1 amide bonds. The van der Waals surface area contributed by atoms with Crippen LogP contribution in [0.2, 0.25) is 10.0 Å². The van der Waals surface area contributed by atoms with Gasteiger partial charge >= 0.3 is 5.76 Å². The van der Waals surface area contributed by atoms with Crippen molar-refractivity contribution in [2.75, 3.05) is 31.1 Å². The fourth-order valence-corrected chi connectivity index (χ4v) is 4.00. The first-order chi connectivity index (χ1) is 13.5. The average molecular weight is 421 g/mol. The first kappa shape index (κ1) is 18.8. The molecular formula is C19H18Cl2N4O3. The molecule has 3 heterocycles. The second kappa shape index (κ2) is 7.48. The summed E-state index contributed by atoms with van der Waals surface area (Å²) >= 11 is 12.1. The normalized spacial score (nSPS) is 15.8. The lowest BCUT2D eigenvalue weighted by atomic mass is 10.2. The molecule has 0 spiro atoms. The fourth-order valence-electron chi connectivity index (χ4n) is 3.50. The van der Waals surface area contributed by atoms with Crippen molar-refractivity contribution >= 4 is 46.0 Å². The molecule has 7 nitrogen and oxygen atoms in total. The molecule has 0 saturated carbocycles. The molecule has 1 atom stereocenters. The molecule has 1 aromatic carbocycles. The molecule has 0 radical (unpaired) electrons. The van der Waals surface area contributed by atoms with E-state index in [0.29, 0.717) is 53.1 Å². The number of pyridine rings is 1. The van der Waals surface area contributed by atoms with Gasteiger partial charge in [0.15, 0.2) is 5.58 Å². The third kappa shape index (κ3) is 3.36. The Bertz CT molecular complexity index is 1090. The van der Waals surface area contributed by atoms with Crippen LogP contribution in [-0.2, 0) is 4.79 Å². The van der Waals surface area contributed by atoms with Crippen LogP contribution in [0.25, 0.3) is 11.1 Å². The smallest absolute Gasteiger partial charge is 0.408 e. The van der Waals surface area contributed by atoms with Crippen LogP contribution in [0, 0.1) is 0 Å². The highest BCUT2D eigenvalue weighted by Crippen LogP contribution is 2.27. The summed E-state index contributed by atoms with van der Waals surface area (Å²) in [5.74, 6) is 0.00422. The van der Waals surface area contributed by atoms with Crippen LogP contribution in [0.4, 0.5) is 5.82 Å². The van der Waals surface area contributed by atoms with E-state index in [4.69, 9.17) is 27.6 Å². The Hall–Kier alpha value is -2.51. The van der Waals surface area contributed by atoms with E-state index in [-0.39, 0.29) is 5.91 Å². The first-order valence-corrected chi connectivity index (χ1v) is 9.66. The number of nitrogens with zero attached hydrogens (tertiary/aromatic N) is 4. The SMILES string of the molecule is CC(C(=O)N1CCN(c2ncc(Cl)cc2Cl)CC1)n1c(=O)oc2ccccc21. The number of halogens is 2. The maximum Gasteiger partial charge on any atom is 0.420 e. The predicted octanol–water partition coefficient (Wildman–Crippen LogP) is 3.21. The van der Waals surface area contributed by atoms with E-state index in [2.05, 4.69) is 4.98 Å². The number of benzene rings is 1. The van der Waals surface area contributed by atoms with Gasteiger partial charge in [-0.05, 0) is 25.1 Å². The van der Waals surface area contributed by atoms with Crippen LogP contribution >= 0.6 is 23.2 Å². The predicted molar refractivity (Wildman–Crippen MR) is 108 cm³/mol. The molecule has 146 valence electrons. The number of oxazole rings is 1. The largest absolute Gasteiger partial charge is 0.420 e. The Morgan fingerprint density at radius 3 is 2.61 bits per heavy atom. The maximum atomic E-state index is 13.0. The lowest BCUT2D eigenvalue weighted by Crippen LogP contribution is -2.51. The molecule has 0 aliphatic carbocycles. The summed E-state index contributed by atoms with van der Waals surface area (Å²) in [5, 5.41) is 0.964. The topological polar surface area (TPSA) is 71.6 Å². The minimum absolute atomic E-state index is 0.122. The average Bonchev–Trinajstić information content (AvgIpc) is 3.03. The number of carbonyl (C=O) groups excluding carboxylic acids is 1. The van der Waals surface area contributed by atoms with Gasteiger partial charge in [0.25, 0.3) is 0 Å². The molecule has 9 heteroatoms. The highest BCUT2D eigenvalue weighted by atomic mass is 35.5. The third-order valence-electron chi connectivity index (χ3n) is 4.94. The summed E-state index contributed by atoms with van der Waals surface area (Å²) in [6, 6.07) is 8.09. The van der Waals surface area contributed by atoms with Crippen molar-refractivity contribution in [2.24, 2.45) is 0 Å². The zero-order valence-corrected chi connectivity index (χ0v) is 16.7. The Balaban J connectivity index is 1.49. The molecule has 0 bridgehead atoms. The molecule has 0 N–H and O–H groups in total. The van der Waals surface area contributed by atoms with Crippen molar-refractivity contribution in [3.05, 3.63) is 57.1 Å².